The molecule has 0 aliphatic carbocycles. The fraction of sp³-hybridized carbons (Fsp3) is 0.667. The van der Waals surface area contributed by atoms with Crippen LogP contribution < -0.4 is 4.72 Å². The number of nitrogens with zero attached hydrogens (tertiary/aromatic N) is 2. The predicted octanol–water partition coefficient (Wildman–Crippen LogP) is -0.251. The second-order valence-electron chi connectivity index (χ2n) is 3.74. The van der Waals surface area contributed by atoms with E-state index in [-0.39, 0.29) is 29.8 Å². The standard InChI is InChI=1S/C9H16ClN3O4S/c1-13-6-11-9(8(13)10)18(15,16)12-7(3-4-14)5-17-2/h6-7,12,14H,3-5H2,1-2H3. The summed E-state index contributed by atoms with van der Waals surface area (Å²) in [4.78, 5) is 3.74. The van der Waals surface area contributed by atoms with Crippen molar-refractivity contribution >= 4 is 21.6 Å². The Bertz CT molecular complexity index is 482. The van der Waals surface area contributed by atoms with E-state index in [0.717, 1.165) is 0 Å². The smallest absolute Gasteiger partial charge is 0.261 e. The van der Waals surface area contributed by atoms with Crippen molar-refractivity contribution in [2.75, 3.05) is 20.3 Å². The summed E-state index contributed by atoms with van der Waals surface area (Å²) in [5, 5.41) is 8.65. The van der Waals surface area contributed by atoms with Gasteiger partial charge in [0.05, 0.1) is 12.9 Å². The van der Waals surface area contributed by atoms with Crippen LogP contribution in [0, 0.1) is 0 Å². The lowest BCUT2D eigenvalue weighted by atomic mass is 10.2. The number of imidazole rings is 1. The lowest BCUT2D eigenvalue weighted by Crippen LogP contribution is -2.38. The first-order valence-electron chi connectivity index (χ1n) is 5.21. The van der Waals surface area contributed by atoms with E-state index >= 15 is 0 Å². The highest BCUT2D eigenvalue weighted by Gasteiger charge is 2.25. The van der Waals surface area contributed by atoms with Gasteiger partial charge in [0.25, 0.3) is 10.0 Å². The molecule has 1 heterocycles. The molecule has 0 aromatic carbocycles. The minimum atomic E-state index is -3.82. The van der Waals surface area contributed by atoms with Gasteiger partial charge in [-0.3, -0.25) is 0 Å². The number of halogens is 1. The maximum Gasteiger partial charge on any atom is 0.261 e. The van der Waals surface area contributed by atoms with Gasteiger partial charge in [-0.15, -0.1) is 0 Å². The number of ether oxygens (including phenoxy) is 1. The van der Waals surface area contributed by atoms with E-state index in [9.17, 15) is 8.42 Å². The van der Waals surface area contributed by atoms with Crippen molar-refractivity contribution in [3.8, 4) is 0 Å². The molecule has 1 aromatic rings. The van der Waals surface area contributed by atoms with Crippen LogP contribution in [-0.4, -0.2) is 49.4 Å². The number of sulfonamides is 1. The number of aliphatic hydroxyl groups is 1. The highest BCUT2D eigenvalue weighted by Crippen LogP contribution is 2.18. The Balaban J connectivity index is 2.89. The molecule has 0 bridgehead atoms. The summed E-state index contributed by atoms with van der Waals surface area (Å²) in [7, 11) is -0.776. The monoisotopic (exact) mass is 297 g/mol. The number of aryl methyl sites for hydroxylation is 1. The Kier molecular flexibility index (Phi) is 5.54. The number of methoxy groups -OCH3 is 1. The van der Waals surface area contributed by atoms with Crippen LogP contribution in [0.2, 0.25) is 5.15 Å². The molecule has 0 aliphatic rings. The zero-order chi connectivity index (χ0) is 13.8. The molecule has 1 aromatic heterocycles. The number of hydrogen-bond donors (Lipinski definition) is 2. The minimum Gasteiger partial charge on any atom is -0.396 e. The van der Waals surface area contributed by atoms with Gasteiger partial charge in [-0.1, -0.05) is 11.6 Å². The molecule has 0 spiro atoms. The van der Waals surface area contributed by atoms with Crippen molar-refractivity contribution in [3.05, 3.63) is 11.5 Å². The van der Waals surface area contributed by atoms with Crippen LogP contribution in [0.5, 0.6) is 0 Å². The quantitative estimate of drug-likeness (QED) is 0.724. The molecule has 2 N–H and O–H groups in total. The van der Waals surface area contributed by atoms with Crippen LogP contribution >= 0.6 is 11.6 Å². The number of rotatable bonds is 7. The highest BCUT2D eigenvalue weighted by atomic mass is 35.5. The molecule has 0 aliphatic heterocycles. The fourth-order valence-electron chi connectivity index (χ4n) is 1.38. The van der Waals surface area contributed by atoms with E-state index in [4.69, 9.17) is 21.4 Å². The summed E-state index contributed by atoms with van der Waals surface area (Å²) in [5.74, 6) is 0. The average Bonchev–Trinajstić information content (AvgIpc) is 2.60. The molecule has 1 atom stereocenters. The van der Waals surface area contributed by atoms with Gasteiger partial charge in [0.15, 0.2) is 0 Å². The number of aliphatic hydroxyl groups excluding tert-OH is 1. The summed E-state index contributed by atoms with van der Waals surface area (Å²) in [6.45, 7) is 0.0107. The van der Waals surface area contributed by atoms with Gasteiger partial charge in [-0.25, -0.2) is 18.1 Å². The third-order valence-electron chi connectivity index (χ3n) is 2.26. The second-order valence-corrected chi connectivity index (χ2v) is 5.72. The second kappa shape index (κ2) is 6.48. The van der Waals surface area contributed by atoms with Gasteiger partial charge in [-0.2, -0.15) is 0 Å². The molecule has 0 saturated heterocycles. The molecule has 0 fully saturated rings. The Morgan fingerprint density at radius 1 is 1.67 bits per heavy atom. The van der Waals surface area contributed by atoms with Crippen LogP contribution in [0.4, 0.5) is 0 Å². The van der Waals surface area contributed by atoms with Crippen LogP contribution in [0.1, 0.15) is 6.42 Å². The van der Waals surface area contributed by atoms with Crippen molar-refractivity contribution < 1.29 is 18.3 Å². The summed E-state index contributed by atoms with van der Waals surface area (Å²) in [5.41, 5.74) is 0. The van der Waals surface area contributed by atoms with Crippen LogP contribution in [0.15, 0.2) is 11.4 Å². The molecule has 0 amide bonds. The minimum absolute atomic E-state index is 0.0302. The van der Waals surface area contributed by atoms with Gasteiger partial charge in [-0.05, 0) is 6.42 Å². The van der Waals surface area contributed by atoms with E-state index in [2.05, 4.69) is 9.71 Å². The van der Waals surface area contributed by atoms with Gasteiger partial charge >= 0.3 is 0 Å². The average molecular weight is 298 g/mol. The zero-order valence-electron chi connectivity index (χ0n) is 10.1. The zero-order valence-corrected chi connectivity index (χ0v) is 11.7. The first-order chi connectivity index (χ1) is 8.42. The van der Waals surface area contributed by atoms with E-state index < -0.39 is 16.1 Å². The molecule has 1 rings (SSSR count). The normalized spacial score (nSPS) is 13.8. The van der Waals surface area contributed by atoms with Crippen molar-refractivity contribution in [2.45, 2.75) is 17.5 Å². The van der Waals surface area contributed by atoms with Gasteiger partial charge in [0, 0.05) is 26.8 Å². The lowest BCUT2D eigenvalue weighted by molar-refractivity contribution is 0.158. The third-order valence-corrected chi connectivity index (χ3v) is 4.27. The number of nitrogens with one attached hydrogen (secondary N) is 1. The summed E-state index contributed by atoms with van der Waals surface area (Å²) >= 11 is 5.83. The highest BCUT2D eigenvalue weighted by molar-refractivity contribution is 7.89. The molecule has 18 heavy (non-hydrogen) atoms. The van der Waals surface area contributed by atoms with Crippen LogP contribution in [-0.2, 0) is 21.8 Å². The Labute approximate surface area is 111 Å². The van der Waals surface area contributed by atoms with Gasteiger partial charge < -0.3 is 14.4 Å². The van der Waals surface area contributed by atoms with Crippen molar-refractivity contribution in [3.63, 3.8) is 0 Å². The third kappa shape index (κ3) is 3.66. The largest absolute Gasteiger partial charge is 0.396 e. The van der Waals surface area contributed by atoms with Crippen LogP contribution in [0.25, 0.3) is 0 Å². The molecule has 7 nitrogen and oxygen atoms in total. The van der Waals surface area contributed by atoms with Crippen molar-refractivity contribution in [1.82, 2.24) is 14.3 Å². The number of hydrogen-bond acceptors (Lipinski definition) is 5. The van der Waals surface area contributed by atoms with E-state index in [1.807, 2.05) is 0 Å². The lowest BCUT2D eigenvalue weighted by Gasteiger charge is -2.16. The first kappa shape index (κ1) is 15.4. The van der Waals surface area contributed by atoms with Gasteiger partial charge in [0.1, 0.15) is 5.15 Å². The molecule has 104 valence electrons. The molecular weight excluding hydrogens is 282 g/mol. The maximum absolute atomic E-state index is 12.0. The van der Waals surface area contributed by atoms with E-state index in [1.54, 1.807) is 7.05 Å². The van der Waals surface area contributed by atoms with Crippen molar-refractivity contribution in [2.24, 2.45) is 7.05 Å². The van der Waals surface area contributed by atoms with E-state index in [1.165, 1.54) is 18.0 Å². The SMILES string of the molecule is COCC(CCO)NS(=O)(=O)c1ncn(C)c1Cl. The summed E-state index contributed by atoms with van der Waals surface area (Å²) in [6, 6.07) is -0.525. The van der Waals surface area contributed by atoms with E-state index in [0.29, 0.717) is 0 Å². The fourth-order valence-corrected chi connectivity index (χ4v) is 3.07. The summed E-state index contributed by atoms with van der Waals surface area (Å²) < 4.78 is 32.7. The molecule has 0 saturated carbocycles. The number of aromatic nitrogens is 2. The Hall–Kier alpha value is -0.670. The molecule has 1 unspecified atom stereocenters. The predicted molar refractivity (Wildman–Crippen MR) is 65.9 cm³/mol. The topological polar surface area (TPSA) is 93.4 Å². The Morgan fingerprint density at radius 2 is 2.33 bits per heavy atom. The van der Waals surface area contributed by atoms with Crippen molar-refractivity contribution in [1.29, 1.82) is 0 Å². The van der Waals surface area contributed by atoms with Gasteiger partial charge in [0.2, 0.25) is 5.03 Å². The molecule has 9 heteroatoms. The maximum atomic E-state index is 12.0. The van der Waals surface area contributed by atoms with Crippen LogP contribution in [0.3, 0.4) is 0 Å². The summed E-state index contributed by atoms with van der Waals surface area (Å²) in [6.07, 6.45) is 1.56. The Morgan fingerprint density at radius 3 is 2.78 bits per heavy atom. The molecule has 0 radical (unpaired) electrons. The molecular formula is C9H16ClN3O4S. The first-order valence-corrected chi connectivity index (χ1v) is 7.07.